The molecular formula is C21H26FN3O2. The Morgan fingerprint density at radius 2 is 2.11 bits per heavy atom. The van der Waals surface area contributed by atoms with Crippen LogP contribution in [0.2, 0.25) is 0 Å². The Morgan fingerprint density at radius 3 is 2.93 bits per heavy atom. The smallest absolute Gasteiger partial charge is 0.254 e. The van der Waals surface area contributed by atoms with Crippen molar-refractivity contribution in [2.45, 2.75) is 25.8 Å². The van der Waals surface area contributed by atoms with Gasteiger partial charge >= 0.3 is 0 Å². The van der Waals surface area contributed by atoms with Gasteiger partial charge in [0.15, 0.2) is 0 Å². The van der Waals surface area contributed by atoms with Crippen molar-refractivity contribution in [2.75, 3.05) is 39.9 Å². The standard InChI is InChI=1S/C21H26FN3O2/c1-14-9-19(18-6-4-16(22)10-20(18)23-14)21(26)25-12-15-3-5-17(13-25)24(11-15)7-8-27-2/h4,6,9-10,15,17H,3,5,7-8,11-13H2,1-2H3/t15-,17-/m1/s1. The van der Waals surface area contributed by atoms with Gasteiger partial charge in [-0.1, -0.05) is 0 Å². The lowest BCUT2D eigenvalue weighted by atomic mass is 9.95. The van der Waals surface area contributed by atoms with E-state index in [2.05, 4.69) is 9.88 Å². The fraction of sp³-hybridized carbons (Fsp3) is 0.524. The monoisotopic (exact) mass is 371 g/mol. The molecule has 1 aromatic carbocycles. The number of hydrogen-bond acceptors (Lipinski definition) is 4. The number of piperidine rings is 1. The van der Waals surface area contributed by atoms with E-state index in [1.165, 1.54) is 18.6 Å². The Hall–Kier alpha value is -2.05. The highest BCUT2D eigenvalue weighted by Crippen LogP contribution is 2.30. The molecule has 5 nitrogen and oxygen atoms in total. The van der Waals surface area contributed by atoms with E-state index >= 15 is 0 Å². The maximum Gasteiger partial charge on any atom is 0.254 e. The van der Waals surface area contributed by atoms with E-state index in [4.69, 9.17) is 4.74 Å². The highest BCUT2D eigenvalue weighted by atomic mass is 19.1. The van der Waals surface area contributed by atoms with Crippen molar-refractivity contribution in [3.8, 4) is 0 Å². The minimum Gasteiger partial charge on any atom is -0.383 e. The number of rotatable bonds is 4. The lowest BCUT2D eigenvalue weighted by Gasteiger charge is -2.35. The van der Waals surface area contributed by atoms with Crippen molar-refractivity contribution in [3.63, 3.8) is 0 Å². The molecule has 2 bridgehead atoms. The summed E-state index contributed by atoms with van der Waals surface area (Å²) in [7, 11) is 1.73. The number of nitrogens with zero attached hydrogens (tertiary/aromatic N) is 3. The lowest BCUT2D eigenvalue weighted by Crippen LogP contribution is -2.45. The number of pyridine rings is 1. The van der Waals surface area contributed by atoms with Crippen molar-refractivity contribution < 1.29 is 13.9 Å². The maximum atomic E-state index is 13.6. The molecule has 3 aliphatic rings. The predicted octanol–water partition coefficient (Wildman–Crippen LogP) is 2.87. The van der Waals surface area contributed by atoms with Gasteiger partial charge in [-0.25, -0.2) is 4.39 Å². The number of carbonyl (C=O) groups excluding carboxylic acids is 1. The van der Waals surface area contributed by atoms with Crippen LogP contribution in [0, 0.1) is 18.7 Å². The third kappa shape index (κ3) is 3.69. The number of methoxy groups -OCH3 is 1. The van der Waals surface area contributed by atoms with Crippen LogP contribution in [0.5, 0.6) is 0 Å². The number of benzene rings is 1. The molecule has 2 aromatic rings. The molecule has 1 aromatic heterocycles. The van der Waals surface area contributed by atoms with Gasteiger partial charge in [0.1, 0.15) is 5.82 Å². The number of carbonyl (C=O) groups is 1. The molecule has 0 spiro atoms. The average Bonchev–Trinajstić information content (AvgIpc) is 2.96. The first-order valence-electron chi connectivity index (χ1n) is 9.64. The summed E-state index contributed by atoms with van der Waals surface area (Å²) in [6.45, 7) is 6.03. The van der Waals surface area contributed by atoms with Gasteiger partial charge in [-0.2, -0.15) is 0 Å². The van der Waals surface area contributed by atoms with Crippen molar-refractivity contribution >= 4 is 16.8 Å². The van der Waals surface area contributed by atoms with Crippen LogP contribution in [0.1, 0.15) is 28.9 Å². The highest BCUT2D eigenvalue weighted by Gasteiger charge is 2.36. The molecule has 4 heterocycles. The first kappa shape index (κ1) is 18.3. The topological polar surface area (TPSA) is 45.7 Å². The Labute approximate surface area is 159 Å². The van der Waals surface area contributed by atoms with Crippen LogP contribution in [0.4, 0.5) is 4.39 Å². The van der Waals surface area contributed by atoms with Crippen LogP contribution in [0.25, 0.3) is 10.9 Å². The van der Waals surface area contributed by atoms with Gasteiger partial charge in [-0.05, 0) is 43.9 Å². The number of amides is 1. The molecule has 144 valence electrons. The molecule has 3 fully saturated rings. The minimum absolute atomic E-state index is 0.0302. The molecule has 5 rings (SSSR count). The van der Waals surface area contributed by atoms with Crippen LogP contribution in [0.15, 0.2) is 24.3 Å². The Balaban J connectivity index is 1.63. The summed E-state index contributed by atoms with van der Waals surface area (Å²) in [6.07, 6.45) is 2.29. The molecule has 3 saturated heterocycles. The van der Waals surface area contributed by atoms with E-state index in [1.54, 1.807) is 13.2 Å². The van der Waals surface area contributed by atoms with Gasteiger partial charge < -0.3 is 9.64 Å². The number of hydrogen-bond donors (Lipinski definition) is 0. The van der Waals surface area contributed by atoms with Gasteiger partial charge in [-0.15, -0.1) is 0 Å². The van der Waals surface area contributed by atoms with Crippen molar-refractivity contribution in [2.24, 2.45) is 5.92 Å². The highest BCUT2D eigenvalue weighted by molar-refractivity contribution is 6.06. The van der Waals surface area contributed by atoms with Crippen LogP contribution < -0.4 is 0 Å². The molecule has 0 saturated carbocycles. The largest absolute Gasteiger partial charge is 0.383 e. The van der Waals surface area contributed by atoms with Crippen molar-refractivity contribution in [3.05, 3.63) is 41.3 Å². The molecule has 0 aliphatic carbocycles. The fourth-order valence-corrected chi connectivity index (χ4v) is 4.51. The summed E-state index contributed by atoms with van der Waals surface area (Å²) in [5, 5.41) is 0.722. The van der Waals surface area contributed by atoms with Crippen LogP contribution in [-0.4, -0.2) is 66.6 Å². The van der Waals surface area contributed by atoms with E-state index in [1.807, 2.05) is 17.9 Å². The molecular weight excluding hydrogens is 345 g/mol. The first-order valence-corrected chi connectivity index (χ1v) is 9.64. The summed E-state index contributed by atoms with van der Waals surface area (Å²) in [4.78, 5) is 22.3. The first-order chi connectivity index (χ1) is 13.0. The zero-order chi connectivity index (χ0) is 19.0. The van der Waals surface area contributed by atoms with E-state index < -0.39 is 0 Å². The second-order valence-electron chi connectivity index (χ2n) is 7.77. The maximum absolute atomic E-state index is 13.6. The van der Waals surface area contributed by atoms with E-state index in [0.29, 0.717) is 23.0 Å². The van der Waals surface area contributed by atoms with Gasteiger partial charge in [0.25, 0.3) is 5.91 Å². The summed E-state index contributed by atoms with van der Waals surface area (Å²) in [5.74, 6) is 0.194. The third-order valence-corrected chi connectivity index (χ3v) is 5.83. The summed E-state index contributed by atoms with van der Waals surface area (Å²) < 4.78 is 18.9. The van der Waals surface area contributed by atoms with Crippen LogP contribution in [0.3, 0.4) is 0 Å². The fourth-order valence-electron chi connectivity index (χ4n) is 4.51. The van der Waals surface area contributed by atoms with E-state index in [0.717, 1.165) is 50.3 Å². The Morgan fingerprint density at radius 1 is 1.26 bits per heavy atom. The minimum atomic E-state index is -0.333. The van der Waals surface area contributed by atoms with Crippen molar-refractivity contribution in [1.82, 2.24) is 14.8 Å². The molecule has 1 amide bonds. The molecule has 2 atom stereocenters. The van der Waals surface area contributed by atoms with Crippen LogP contribution >= 0.6 is 0 Å². The lowest BCUT2D eigenvalue weighted by molar-refractivity contribution is 0.0719. The number of ether oxygens (including phenoxy) is 1. The molecule has 0 radical (unpaired) electrons. The third-order valence-electron chi connectivity index (χ3n) is 5.83. The molecule has 0 unspecified atom stereocenters. The van der Waals surface area contributed by atoms with Gasteiger partial charge in [-0.3, -0.25) is 14.7 Å². The van der Waals surface area contributed by atoms with Crippen molar-refractivity contribution in [1.29, 1.82) is 0 Å². The number of fused-ring (bicyclic) bond motifs is 5. The predicted molar refractivity (Wildman–Crippen MR) is 102 cm³/mol. The quantitative estimate of drug-likeness (QED) is 0.829. The molecule has 27 heavy (non-hydrogen) atoms. The zero-order valence-electron chi connectivity index (χ0n) is 15.9. The van der Waals surface area contributed by atoms with Gasteiger partial charge in [0.05, 0.1) is 17.7 Å². The Bertz CT molecular complexity index is 851. The second kappa shape index (κ2) is 7.52. The van der Waals surface area contributed by atoms with Gasteiger partial charge in [0.2, 0.25) is 0 Å². The number of aromatic nitrogens is 1. The zero-order valence-corrected chi connectivity index (χ0v) is 15.9. The average molecular weight is 371 g/mol. The SMILES string of the molecule is COCCN1C[C@H]2CC[C@@H]1CN(C(=O)c1cc(C)nc3cc(F)ccc13)C2. The number of aryl methyl sites for hydroxylation is 1. The Kier molecular flexibility index (Phi) is 5.10. The van der Waals surface area contributed by atoms with E-state index in [9.17, 15) is 9.18 Å². The summed E-state index contributed by atoms with van der Waals surface area (Å²) >= 11 is 0. The molecule has 0 N–H and O–H groups in total. The van der Waals surface area contributed by atoms with E-state index in [-0.39, 0.29) is 11.7 Å². The summed E-state index contributed by atoms with van der Waals surface area (Å²) in [5.41, 5.74) is 1.90. The molecule has 3 aliphatic heterocycles. The normalized spacial score (nSPS) is 23.0. The summed E-state index contributed by atoms with van der Waals surface area (Å²) in [6, 6.07) is 6.68. The van der Waals surface area contributed by atoms with Gasteiger partial charge in [0, 0.05) is 56.5 Å². The van der Waals surface area contributed by atoms with Crippen LogP contribution in [-0.2, 0) is 4.74 Å². The second-order valence-corrected chi connectivity index (χ2v) is 7.77. The molecule has 6 heteroatoms. The number of halogens is 1.